The summed E-state index contributed by atoms with van der Waals surface area (Å²) in [5.41, 5.74) is 2.63. The fraction of sp³-hybridized carbons (Fsp3) is 0.364. The Balaban J connectivity index is 1.52. The van der Waals surface area contributed by atoms with Crippen molar-refractivity contribution >= 4 is 22.6 Å². The van der Waals surface area contributed by atoms with Gasteiger partial charge in [0.1, 0.15) is 11.5 Å². The highest BCUT2D eigenvalue weighted by Gasteiger charge is 2.27. The predicted molar refractivity (Wildman–Crippen MR) is 117 cm³/mol. The van der Waals surface area contributed by atoms with Crippen LogP contribution in [0.4, 0.5) is 5.69 Å². The number of H-pyrrole nitrogens is 1. The standard InChI is InChI=1S/C22H26N4O5/c1-12-4-5-15-17(6-12)26(21(30)25-15)11-22(2,3)23-9-18(28)14-7-13(27)8-16-20(14)31-10-19(29)24-16/h4-8,18,23,27-28H,9-11H2,1-3H3,(H,24,29)(H,25,30). The summed E-state index contributed by atoms with van der Waals surface area (Å²) in [6.45, 7) is 6.23. The van der Waals surface area contributed by atoms with E-state index < -0.39 is 11.6 Å². The lowest BCUT2D eigenvalue weighted by atomic mass is 10.0. The van der Waals surface area contributed by atoms with Gasteiger partial charge in [0, 0.05) is 30.3 Å². The zero-order chi connectivity index (χ0) is 22.3. The first kappa shape index (κ1) is 21.0. The van der Waals surface area contributed by atoms with Crippen molar-refractivity contribution in [2.45, 2.75) is 39.0 Å². The number of fused-ring (bicyclic) bond motifs is 2. The quantitative estimate of drug-likeness (QED) is 0.409. The fourth-order valence-corrected chi connectivity index (χ4v) is 3.81. The number of nitrogens with zero attached hydrogens (tertiary/aromatic N) is 1. The Morgan fingerprint density at radius 1 is 1.26 bits per heavy atom. The molecule has 31 heavy (non-hydrogen) atoms. The third-order valence-electron chi connectivity index (χ3n) is 5.34. The van der Waals surface area contributed by atoms with Crippen molar-refractivity contribution in [2.75, 3.05) is 18.5 Å². The van der Waals surface area contributed by atoms with Crippen molar-refractivity contribution < 1.29 is 19.7 Å². The van der Waals surface area contributed by atoms with E-state index in [0.29, 0.717) is 23.5 Å². The molecule has 0 aliphatic carbocycles. The number of carbonyl (C=O) groups excluding carboxylic acids is 1. The second-order valence-corrected chi connectivity index (χ2v) is 8.57. The molecule has 2 heterocycles. The van der Waals surface area contributed by atoms with Crippen LogP contribution in [0.1, 0.15) is 31.1 Å². The number of aromatic nitrogens is 2. The lowest BCUT2D eigenvalue weighted by Crippen LogP contribution is -2.46. The number of rotatable bonds is 6. The van der Waals surface area contributed by atoms with Gasteiger partial charge in [-0.3, -0.25) is 9.36 Å². The van der Waals surface area contributed by atoms with Crippen LogP contribution in [-0.4, -0.2) is 44.4 Å². The number of hydrogen-bond donors (Lipinski definition) is 5. The number of aromatic amines is 1. The van der Waals surface area contributed by atoms with Crippen molar-refractivity contribution in [2.24, 2.45) is 0 Å². The number of nitrogens with one attached hydrogen (secondary N) is 3. The summed E-state index contributed by atoms with van der Waals surface area (Å²) in [5.74, 6) is -0.0661. The van der Waals surface area contributed by atoms with E-state index in [1.807, 2.05) is 39.0 Å². The Morgan fingerprint density at radius 2 is 2.03 bits per heavy atom. The molecular weight excluding hydrogens is 400 g/mol. The maximum absolute atomic E-state index is 12.5. The molecule has 1 aromatic heterocycles. The molecule has 0 saturated carbocycles. The van der Waals surface area contributed by atoms with Crippen LogP contribution >= 0.6 is 0 Å². The van der Waals surface area contributed by atoms with Gasteiger partial charge in [-0.05, 0) is 44.5 Å². The average molecular weight is 426 g/mol. The fourth-order valence-electron chi connectivity index (χ4n) is 3.81. The van der Waals surface area contributed by atoms with Crippen LogP contribution in [0, 0.1) is 6.92 Å². The van der Waals surface area contributed by atoms with E-state index in [4.69, 9.17) is 4.74 Å². The van der Waals surface area contributed by atoms with Crippen molar-refractivity contribution in [3.8, 4) is 11.5 Å². The summed E-state index contributed by atoms with van der Waals surface area (Å²) < 4.78 is 7.15. The maximum Gasteiger partial charge on any atom is 0.326 e. The molecule has 164 valence electrons. The molecule has 1 aliphatic heterocycles. The van der Waals surface area contributed by atoms with E-state index >= 15 is 0 Å². The van der Waals surface area contributed by atoms with Crippen molar-refractivity contribution in [1.82, 2.24) is 14.9 Å². The van der Waals surface area contributed by atoms with Crippen molar-refractivity contribution in [3.05, 3.63) is 51.9 Å². The van der Waals surface area contributed by atoms with Crippen molar-refractivity contribution in [3.63, 3.8) is 0 Å². The van der Waals surface area contributed by atoms with Crippen LogP contribution in [-0.2, 0) is 11.3 Å². The van der Waals surface area contributed by atoms with Gasteiger partial charge in [0.05, 0.1) is 22.8 Å². The van der Waals surface area contributed by atoms with Gasteiger partial charge in [-0.25, -0.2) is 4.79 Å². The van der Waals surface area contributed by atoms with Gasteiger partial charge in [0.25, 0.3) is 5.91 Å². The number of carbonyl (C=O) groups is 1. The summed E-state index contributed by atoms with van der Waals surface area (Å²) in [5, 5.41) is 26.7. The molecule has 2 aromatic carbocycles. The number of anilines is 1. The zero-order valence-corrected chi connectivity index (χ0v) is 17.7. The number of aromatic hydroxyl groups is 1. The lowest BCUT2D eigenvalue weighted by Gasteiger charge is -2.29. The highest BCUT2D eigenvalue weighted by Crippen LogP contribution is 2.38. The number of amides is 1. The number of aliphatic hydroxyl groups excluding tert-OH is 1. The number of phenolic OH excluding ortho intramolecular Hbond substituents is 1. The van der Waals surface area contributed by atoms with E-state index in [1.165, 1.54) is 12.1 Å². The molecule has 9 heteroatoms. The third kappa shape index (κ3) is 4.28. The van der Waals surface area contributed by atoms with Crippen LogP contribution in [0.5, 0.6) is 11.5 Å². The number of β-amino-alcohol motifs (C(OH)–C–C–N with tert-alkyl or cyclic N) is 1. The summed E-state index contributed by atoms with van der Waals surface area (Å²) in [4.78, 5) is 26.9. The van der Waals surface area contributed by atoms with Gasteiger partial charge in [-0.15, -0.1) is 0 Å². The molecule has 3 aromatic rings. The minimum absolute atomic E-state index is 0.0847. The van der Waals surface area contributed by atoms with Gasteiger partial charge < -0.3 is 30.6 Å². The molecule has 1 amide bonds. The normalized spacial score (nSPS) is 14.8. The number of benzene rings is 2. The first-order chi connectivity index (χ1) is 14.6. The summed E-state index contributed by atoms with van der Waals surface area (Å²) >= 11 is 0. The van der Waals surface area contributed by atoms with Crippen molar-refractivity contribution in [1.29, 1.82) is 0 Å². The number of ether oxygens (including phenoxy) is 1. The Bertz CT molecular complexity index is 1210. The van der Waals surface area contributed by atoms with Gasteiger partial charge >= 0.3 is 5.69 Å². The molecule has 1 unspecified atom stereocenters. The SMILES string of the molecule is Cc1ccc2[nH]c(=O)n(CC(C)(C)NCC(O)c3cc(O)cc4c3OCC(=O)N4)c2c1. The Labute approximate surface area is 178 Å². The average Bonchev–Trinajstić information content (AvgIpc) is 2.99. The van der Waals surface area contributed by atoms with Gasteiger partial charge in [0.15, 0.2) is 6.61 Å². The number of hydrogen-bond acceptors (Lipinski definition) is 6. The molecular formula is C22H26N4O5. The third-order valence-corrected chi connectivity index (χ3v) is 5.34. The highest BCUT2D eigenvalue weighted by molar-refractivity contribution is 5.96. The van der Waals surface area contributed by atoms with E-state index in [2.05, 4.69) is 15.6 Å². The van der Waals surface area contributed by atoms with E-state index in [9.17, 15) is 19.8 Å². The molecule has 0 radical (unpaired) electrons. The van der Waals surface area contributed by atoms with Crippen LogP contribution < -0.4 is 21.1 Å². The van der Waals surface area contributed by atoms with Gasteiger partial charge in [0.2, 0.25) is 0 Å². The zero-order valence-electron chi connectivity index (χ0n) is 17.7. The Hall–Kier alpha value is -3.30. The van der Waals surface area contributed by atoms with Crippen LogP contribution in [0.15, 0.2) is 35.1 Å². The first-order valence-corrected chi connectivity index (χ1v) is 10.0. The molecule has 9 nitrogen and oxygen atoms in total. The smallest absolute Gasteiger partial charge is 0.326 e. The minimum Gasteiger partial charge on any atom is -0.508 e. The Morgan fingerprint density at radius 3 is 2.81 bits per heavy atom. The largest absolute Gasteiger partial charge is 0.508 e. The second-order valence-electron chi connectivity index (χ2n) is 8.57. The maximum atomic E-state index is 12.5. The number of phenols is 1. The second kappa shape index (κ2) is 7.75. The monoisotopic (exact) mass is 426 g/mol. The molecule has 4 rings (SSSR count). The number of aliphatic hydroxyl groups is 1. The van der Waals surface area contributed by atoms with Crippen LogP contribution in [0.3, 0.4) is 0 Å². The van der Waals surface area contributed by atoms with E-state index in [0.717, 1.165) is 16.6 Å². The minimum atomic E-state index is -1.00. The van der Waals surface area contributed by atoms with Crippen LogP contribution in [0.25, 0.3) is 11.0 Å². The molecule has 0 bridgehead atoms. The summed E-state index contributed by atoms with van der Waals surface area (Å²) in [6.07, 6.45) is -1.00. The molecule has 0 saturated heterocycles. The summed E-state index contributed by atoms with van der Waals surface area (Å²) in [6, 6.07) is 8.59. The number of imidazole rings is 1. The topological polar surface area (TPSA) is 129 Å². The molecule has 1 aliphatic rings. The summed E-state index contributed by atoms with van der Waals surface area (Å²) in [7, 11) is 0. The predicted octanol–water partition coefficient (Wildman–Crippen LogP) is 1.78. The lowest BCUT2D eigenvalue weighted by molar-refractivity contribution is -0.118. The molecule has 5 N–H and O–H groups in total. The highest BCUT2D eigenvalue weighted by atomic mass is 16.5. The van der Waals surface area contributed by atoms with Crippen LogP contribution in [0.2, 0.25) is 0 Å². The molecule has 0 fully saturated rings. The molecule has 0 spiro atoms. The Kier molecular flexibility index (Phi) is 5.24. The van der Waals surface area contributed by atoms with E-state index in [-0.39, 0.29) is 30.5 Å². The number of aryl methyl sites for hydroxylation is 1. The van der Waals surface area contributed by atoms with Gasteiger partial charge in [-0.1, -0.05) is 6.07 Å². The molecule has 1 atom stereocenters. The van der Waals surface area contributed by atoms with Gasteiger partial charge in [-0.2, -0.15) is 0 Å². The van der Waals surface area contributed by atoms with E-state index in [1.54, 1.807) is 4.57 Å². The first-order valence-electron chi connectivity index (χ1n) is 10.0.